The van der Waals surface area contributed by atoms with Crippen LogP contribution < -0.4 is 5.32 Å². The van der Waals surface area contributed by atoms with Crippen LogP contribution in [0.15, 0.2) is 0 Å². The van der Waals surface area contributed by atoms with E-state index in [9.17, 15) is 0 Å². The molecule has 2 aliphatic rings. The standard InChI is InChI=1S/C15H30N2/c1-4-6-9-17-11-14(13-7-8-13)16-10-15(17)12(3)5-2/h12-16H,4-11H2,1-3H3. The second-order valence-corrected chi connectivity index (χ2v) is 6.15. The number of hydrogen-bond acceptors (Lipinski definition) is 2. The van der Waals surface area contributed by atoms with Crippen LogP contribution in [0, 0.1) is 11.8 Å². The molecule has 3 unspecified atom stereocenters. The van der Waals surface area contributed by atoms with Crippen LogP contribution in [0.2, 0.25) is 0 Å². The highest BCUT2D eigenvalue weighted by Crippen LogP contribution is 2.35. The lowest BCUT2D eigenvalue weighted by Crippen LogP contribution is -2.59. The Bertz CT molecular complexity index is 225. The van der Waals surface area contributed by atoms with E-state index < -0.39 is 0 Å². The Morgan fingerprint density at radius 2 is 2.06 bits per heavy atom. The van der Waals surface area contributed by atoms with Gasteiger partial charge >= 0.3 is 0 Å². The van der Waals surface area contributed by atoms with Crippen molar-refractivity contribution in [1.29, 1.82) is 0 Å². The molecule has 2 fully saturated rings. The number of unbranched alkanes of at least 4 members (excludes halogenated alkanes) is 1. The first-order valence-electron chi connectivity index (χ1n) is 7.73. The highest BCUT2D eigenvalue weighted by atomic mass is 15.2. The quantitative estimate of drug-likeness (QED) is 0.765. The van der Waals surface area contributed by atoms with Crippen LogP contribution in [-0.4, -0.2) is 36.6 Å². The number of hydrogen-bond donors (Lipinski definition) is 1. The summed E-state index contributed by atoms with van der Waals surface area (Å²) in [5.41, 5.74) is 0. The Labute approximate surface area is 107 Å². The average Bonchev–Trinajstić information content (AvgIpc) is 3.19. The third kappa shape index (κ3) is 3.45. The Kier molecular flexibility index (Phi) is 4.87. The summed E-state index contributed by atoms with van der Waals surface area (Å²) in [7, 11) is 0. The van der Waals surface area contributed by atoms with Crippen molar-refractivity contribution in [2.45, 2.75) is 65.0 Å². The van der Waals surface area contributed by atoms with Gasteiger partial charge in [0.25, 0.3) is 0 Å². The van der Waals surface area contributed by atoms with Crippen LogP contribution in [-0.2, 0) is 0 Å². The van der Waals surface area contributed by atoms with Crippen molar-refractivity contribution in [3.63, 3.8) is 0 Å². The zero-order valence-electron chi connectivity index (χ0n) is 11.9. The lowest BCUT2D eigenvalue weighted by molar-refractivity contribution is 0.0843. The maximum Gasteiger partial charge on any atom is 0.0246 e. The van der Waals surface area contributed by atoms with Gasteiger partial charge in [0.15, 0.2) is 0 Å². The van der Waals surface area contributed by atoms with Crippen LogP contribution >= 0.6 is 0 Å². The summed E-state index contributed by atoms with van der Waals surface area (Å²) in [5.74, 6) is 1.83. The minimum Gasteiger partial charge on any atom is -0.311 e. The summed E-state index contributed by atoms with van der Waals surface area (Å²) in [5, 5.41) is 3.81. The first-order valence-corrected chi connectivity index (χ1v) is 7.73. The molecule has 0 aromatic rings. The third-order valence-electron chi connectivity index (χ3n) is 4.78. The topological polar surface area (TPSA) is 15.3 Å². The van der Waals surface area contributed by atoms with Gasteiger partial charge in [-0.2, -0.15) is 0 Å². The van der Waals surface area contributed by atoms with Crippen molar-refractivity contribution in [2.24, 2.45) is 11.8 Å². The normalized spacial score (nSPS) is 32.6. The van der Waals surface area contributed by atoms with E-state index in [1.165, 1.54) is 51.7 Å². The van der Waals surface area contributed by atoms with Gasteiger partial charge in [-0.3, -0.25) is 4.90 Å². The van der Waals surface area contributed by atoms with Crippen molar-refractivity contribution in [1.82, 2.24) is 10.2 Å². The summed E-state index contributed by atoms with van der Waals surface area (Å²) < 4.78 is 0. The molecule has 1 aliphatic heterocycles. The Morgan fingerprint density at radius 3 is 2.65 bits per heavy atom. The highest BCUT2D eigenvalue weighted by Gasteiger charge is 2.37. The molecule has 1 saturated heterocycles. The van der Waals surface area contributed by atoms with Gasteiger partial charge in [-0.1, -0.05) is 33.6 Å². The minimum atomic E-state index is 0.779. The van der Waals surface area contributed by atoms with E-state index in [0.29, 0.717) is 0 Å². The summed E-state index contributed by atoms with van der Waals surface area (Å²) in [6.45, 7) is 10.9. The van der Waals surface area contributed by atoms with Crippen LogP contribution in [0.4, 0.5) is 0 Å². The Morgan fingerprint density at radius 1 is 1.29 bits per heavy atom. The predicted octanol–water partition coefficient (Wildman–Crippen LogP) is 2.89. The zero-order chi connectivity index (χ0) is 12.3. The molecular weight excluding hydrogens is 208 g/mol. The van der Waals surface area contributed by atoms with Gasteiger partial charge in [0.1, 0.15) is 0 Å². The molecule has 2 rings (SSSR count). The van der Waals surface area contributed by atoms with Crippen LogP contribution in [0.3, 0.4) is 0 Å². The molecular formula is C15H30N2. The van der Waals surface area contributed by atoms with E-state index >= 15 is 0 Å². The molecule has 1 heterocycles. The maximum atomic E-state index is 3.81. The summed E-state index contributed by atoms with van der Waals surface area (Å²) in [6.07, 6.45) is 6.93. The fourth-order valence-corrected chi connectivity index (χ4v) is 3.12. The van der Waals surface area contributed by atoms with Crippen molar-refractivity contribution in [3.05, 3.63) is 0 Å². The van der Waals surface area contributed by atoms with Gasteiger partial charge in [-0.15, -0.1) is 0 Å². The van der Waals surface area contributed by atoms with Crippen LogP contribution in [0.25, 0.3) is 0 Å². The maximum absolute atomic E-state index is 3.81. The molecule has 0 aromatic heterocycles. The van der Waals surface area contributed by atoms with Gasteiger partial charge in [0.05, 0.1) is 0 Å². The fraction of sp³-hybridized carbons (Fsp3) is 1.00. The highest BCUT2D eigenvalue weighted by molar-refractivity contribution is 4.95. The lowest BCUT2D eigenvalue weighted by Gasteiger charge is -2.43. The molecule has 0 radical (unpaired) electrons. The zero-order valence-corrected chi connectivity index (χ0v) is 11.9. The minimum absolute atomic E-state index is 0.779. The van der Waals surface area contributed by atoms with Crippen molar-refractivity contribution >= 4 is 0 Å². The second kappa shape index (κ2) is 6.19. The van der Waals surface area contributed by atoms with Crippen LogP contribution in [0.5, 0.6) is 0 Å². The molecule has 100 valence electrons. The lowest BCUT2D eigenvalue weighted by atomic mass is 9.93. The molecule has 2 nitrogen and oxygen atoms in total. The summed E-state index contributed by atoms with van der Waals surface area (Å²) >= 11 is 0. The summed E-state index contributed by atoms with van der Waals surface area (Å²) in [6, 6.07) is 1.58. The molecule has 1 aliphatic carbocycles. The van der Waals surface area contributed by atoms with E-state index in [2.05, 4.69) is 31.0 Å². The molecule has 0 bridgehead atoms. The fourth-order valence-electron chi connectivity index (χ4n) is 3.12. The van der Waals surface area contributed by atoms with Gasteiger partial charge in [0, 0.05) is 25.2 Å². The van der Waals surface area contributed by atoms with Gasteiger partial charge in [-0.25, -0.2) is 0 Å². The van der Waals surface area contributed by atoms with Crippen LogP contribution in [0.1, 0.15) is 52.9 Å². The van der Waals surface area contributed by atoms with Gasteiger partial charge in [-0.05, 0) is 37.6 Å². The van der Waals surface area contributed by atoms with Crippen molar-refractivity contribution in [2.75, 3.05) is 19.6 Å². The molecule has 0 aromatic carbocycles. The molecule has 17 heavy (non-hydrogen) atoms. The number of nitrogens with one attached hydrogen (secondary N) is 1. The van der Waals surface area contributed by atoms with Gasteiger partial charge in [0.2, 0.25) is 0 Å². The monoisotopic (exact) mass is 238 g/mol. The molecule has 0 spiro atoms. The Balaban J connectivity index is 1.90. The predicted molar refractivity (Wildman–Crippen MR) is 74.2 cm³/mol. The summed E-state index contributed by atoms with van der Waals surface area (Å²) in [4.78, 5) is 2.79. The van der Waals surface area contributed by atoms with Gasteiger partial charge < -0.3 is 5.32 Å². The van der Waals surface area contributed by atoms with Crippen molar-refractivity contribution < 1.29 is 0 Å². The average molecular weight is 238 g/mol. The first kappa shape index (κ1) is 13.4. The largest absolute Gasteiger partial charge is 0.311 e. The second-order valence-electron chi connectivity index (χ2n) is 6.15. The molecule has 1 N–H and O–H groups in total. The number of nitrogens with zero attached hydrogens (tertiary/aromatic N) is 1. The third-order valence-corrected chi connectivity index (χ3v) is 4.78. The molecule has 0 amide bonds. The Hall–Kier alpha value is -0.0800. The van der Waals surface area contributed by atoms with E-state index in [1.54, 1.807) is 0 Å². The number of piperazine rings is 1. The number of rotatable bonds is 6. The molecule has 3 atom stereocenters. The SMILES string of the molecule is CCCCN1CC(C2CC2)NCC1C(C)CC. The van der Waals surface area contributed by atoms with E-state index in [1.807, 2.05) is 0 Å². The smallest absolute Gasteiger partial charge is 0.0246 e. The van der Waals surface area contributed by atoms with E-state index in [0.717, 1.165) is 23.9 Å². The van der Waals surface area contributed by atoms with E-state index in [4.69, 9.17) is 0 Å². The van der Waals surface area contributed by atoms with Crippen molar-refractivity contribution in [3.8, 4) is 0 Å². The molecule has 2 heteroatoms. The first-order chi connectivity index (χ1) is 8.26. The molecule has 1 saturated carbocycles. The van der Waals surface area contributed by atoms with E-state index in [-0.39, 0.29) is 0 Å².